The third kappa shape index (κ3) is 5.07. The number of ether oxygens (including phenoxy) is 1. The van der Waals surface area contributed by atoms with E-state index in [-0.39, 0.29) is 11.6 Å². The number of carbonyl (C=O) groups excluding carboxylic acids is 1. The molecule has 2 amide bonds. The Kier molecular flexibility index (Phi) is 5.53. The maximum absolute atomic E-state index is 11.4. The van der Waals surface area contributed by atoms with Crippen molar-refractivity contribution in [3.8, 4) is 0 Å². The highest BCUT2D eigenvalue weighted by Gasteiger charge is 2.19. The molecule has 0 aromatic heterocycles. The van der Waals surface area contributed by atoms with Gasteiger partial charge in [-0.15, -0.1) is 0 Å². The van der Waals surface area contributed by atoms with Crippen LogP contribution in [0.1, 0.15) is 27.7 Å². The zero-order valence-electron chi connectivity index (χ0n) is 9.89. The van der Waals surface area contributed by atoms with Crippen molar-refractivity contribution in [3.63, 3.8) is 0 Å². The lowest BCUT2D eigenvalue weighted by molar-refractivity contribution is -0.00746. The first-order chi connectivity index (χ1) is 6.43. The van der Waals surface area contributed by atoms with Crippen molar-refractivity contribution in [2.24, 2.45) is 0 Å². The third-order valence-corrected chi connectivity index (χ3v) is 2.02. The van der Waals surface area contributed by atoms with Gasteiger partial charge in [0.2, 0.25) is 0 Å². The standard InChI is InChI=1S/C10H22N2O2/c1-6-12(5)9(13)11-8-10(3,4)14-7-2/h6-8H2,1-5H3,(H,11,13). The van der Waals surface area contributed by atoms with Gasteiger partial charge in [0.05, 0.1) is 5.60 Å². The summed E-state index contributed by atoms with van der Waals surface area (Å²) < 4.78 is 5.46. The largest absolute Gasteiger partial charge is 0.374 e. The van der Waals surface area contributed by atoms with E-state index in [0.29, 0.717) is 19.7 Å². The lowest BCUT2D eigenvalue weighted by Gasteiger charge is -2.26. The fourth-order valence-corrected chi connectivity index (χ4v) is 1.01. The summed E-state index contributed by atoms with van der Waals surface area (Å²) in [4.78, 5) is 13.0. The lowest BCUT2D eigenvalue weighted by atomic mass is 10.1. The highest BCUT2D eigenvalue weighted by Crippen LogP contribution is 2.06. The van der Waals surface area contributed by atoms with E-state index in [4.69, 9.17) is 4.74 Å². The molecule has 0 saturated carbocycles. The van der Waals surface area contributed by atoms with E-state index >= 15 is 0 Å². The topological polar surface area (TPSA) is 41.6 Å². The number of nitrogens with one attached hydrogen (secondary N) is 1. The Labute approximate surface area is 86.6 Å². The number of hydrogen-bond acceptors (Lipinski definition) is 2. The fourth-order valence-electron chi connectivity index (χ4n) is 1.01. The molecule has 0 spiro atoms. The first-order valence-corrected chi connectivity index (χ1v) is 5.06. The van der Waals surface area contributed by atoms with Crippen LogP contribution in [0.2, 0.25) is 0 Å². The Morgan fingerprint density at radius 1 is 1.43 bits per heavy atom. The predicted octanol–water partition coefficient (Wildman–Crippen LogP) is 1.46. The molecule has 0 aliphatic rings. The summed E-state index contributed by atoms with van der Waals surface area (Å²) in [6.45, 7) is 9.71. The van der Waals surface area contributed by atoms with Crippen LogP contribution in [-0.2, 0) is 4.74 Å². The van der Waals surface area contributed by atoms with Crippen molar-refractivity contribution in [2.75, 3.05) is 26.7 Å². The van der Waals surface area contributed by atoms with E-state index in [9.17, 15) is 4.79 Å². The number of urea groups is 1. The van der Waals surface area contributed by atoms with E-state index in [1.54, 1.807) is 11.9 Å². The summed E-state index contributed by atoms with van der Waals surface area (Å²) in [5.41, 5.74) is -0.293. The Hall–Kier alpha value is -0.770. The molecule has 0 atom stereocenters. The van der Waals surface area contributed by atoms with Crippen molar-refractivity contribution in [2.45, 2.75) is 33.3 Å². The summed E-state index contributed by atoms with van der Waals surface area (Å²) in [7, 11) is 1.77. The zero-order valence-corrected chi connectivity index (χ0v) is 9.89. The van der Waals surface area contributed by atoms with Crippen LogP contribution in [0.4, 0.5) is 4.79 Å². The van der Waals surface area contributed by atoms with Gasteiger partial charge in [-0.25, -0.2) is 4.79 Å². The molecular formula is C10H22N2O2. The van der Waals surface area contributed by atoms with Gasteiger partial charge < -0.3 is 15.0 Å². The van der Waals surface area contributed by atoms with Crippen LogP contribution in [0.25, 0.3) is 0 Å². The van der Waals surface area contributed by atoms with Gasteiger partial charge in [0.1, 0.15) is 0 Å². The van der Waals surface area contributed by atoms with Gasteiger partial charge in [-0.2, -0.15) is 0 Å². The molecule has 4 heteroatoms. The van der Waals surface area contributed by atoms with Gasteiger partial charge in [-0.1, -0.05) is 0 Å². The number of nitrogens with zero attached hydrogens (tertiary/aromatic N) is 1. The minimum Gasteiger partial charge on any atom is -0.374 e. The summed E-state index contributed by atoms with van der Waals surface area (Å²) >= 11 is 0. The Balaban J connectivity index is 3.87. The molecule has 0 aliphatic heterocycles. The molecule has 0 aromatic carbocycles. The van der Waals surface area contributed by atoms with Gasteiger partial charge in [0, 0.05) is 26.7 Å². The third-order valence-electron chi connectivity index (χ3n) is 2.02. The molecule has 0 fully saturated rings. The summed E-state index contributed by atoms with van der Waals surface area (Å²) in [5.74, 6) is 0. The number of hydrogen-bond donors (Lipinski definition) is 1. The number of amides is 2. The molecule has 0 rings (SSSR count). The maximum Gasteiger partial charge on any atom is 0.317 e. The average Bonchev–Trinajstić information content (AvgIpc) is 2.13. The van der Waals surface area contributed by atoms with Crippen LogP contribution < -0.4 is 5.32 Å². The second kappa shape index (κ2) is 5.86. The van der Waals surface area contributed by atoms with E-state index in [2.05, 4.69) is 5.32 Å². The molecule has 0 aliphatic carbocycles. The molecular weight excluding hydrogens is 180 g/mol. The second-order valence-electron chi connectivity index (χ2n) is 3.87. The van der Waals surface area contributed by atoms with Crippen LogP contribution in [0, 0.1) is 0 Å². The highest BCUT2D eigenvalue weighted by atomic mass is 16.5. The van der Waals surface area contributed by atoms with Crippen molar-refractivity contribution in [1.82, 2.24) is 10.2 Å². The zero-order chi connectivity index (χ0) is 11.2. The molecule has 0 radical (unpaired) electrons. The highest BCUT2D eigenvalue weighted by molar-refractivity contribution is 5.73. The minimum absolute atomic E-state index is 0.0553. The van der Waals surface area contributed by atoms with Crippen LogP contribution >= 0.6 is 0 Å². The van der Waals surface area contributed by atoms with E-state index < -0.39 is 0 Å². The van der Waals surface area contributed by atoms with Gasteiger partial charge in [-0.3, -0.25) is 0 Å². The van der Waals surface area contributed by atoms with Crippen LogP contribution in [0.15, 0.2) is 0 Å². The fraction of sp³-hybridized carbons (Fsp3) is 0.900. The Bertz CT molecular complexity index is 181. The van der Waals surface area contributed by atoms with Gasteiger partial charge >= 0.3 is 6.03 Å². The average molecular weight is 202 g/mol. The smallest absolute Gasteiger partial charge is 0.317 e. The quantitative estimate of drug-likeness (QED) is 0.733. The molecule has 0 heterocycles. The Morgan fingerprint density at radius 3 is 2.43 bits per heavy atom. The summed E-state index contributed by atoms with van der Waals surface area (Å²) in [6, 6.07) is -0.0553. The monoisotopic (exact) mass is 202 g/mol. The molecule has 84 valence electrons. The van der Waals surface area contributed by atoms with Crippen LogP contribution in [-0.4, -0.2) is 43.3 Å². The molecule has 14 heavy (non-hydrogen) atoms. The molecule has 4 nitrogen and oxygen atoms in total. The molecule has 0 unspecified atom stereocenters. The van der Waals surface area contributed by atoms with E-state index in [1.165, 1.54) is 0 Å². The van der Waals surface area contributed by atoms with Gasteiger partial charge in [-0.05, 0) is 27.7 Å². The van der Waals surface area contributed by atoms with Gasteiger partial charge in [0.25, 0.3) is 0 Å². The van der Waals surface area contributed by atoms with Crippen molar-refractivity contribution >= 4 is 6.03 Å². The predicted molar refractivity (Wildman–Crippen MR) is 57.4 cm³/mol. The molecule has 0 aromatic rings. The SMILES string of the molecule is CCOC(C)(C)CNC(=O)N(C)CC. The van der Waals surface area contributed by atoms with E-state index in [0.717, 1.165) is 0 Å². The summed E-state index contributed by atoms with van der Waals surface area (Å²) in [5, 5.41) is 2.82. The second-order valence-corrected chi connectivity index (χ2v) is 3.87. The first-order valence-electron chi connectivity index (χ1n) is 5.06. The van der Waals surface area contributed by atoms with Gasteiger partial charge in [0.15, 0.2) is 0 Å². The Morgan fingerprint density at radius 2 is 2.00 bits per heavy atom. The normalized spacial score (nSPS) is 11.2. The number of carbonyl (C=O) groups is 1. The van der Waals surface area contributed by atoms with E-state index in [1.807, 2.05) is 27.7 Å². The van der Waals surface area contributed by atoms with Crippen molar-refractivity contribution < 1.29 is 9.53 Å². The lowest BCUT2D eigenvalue weighted by Crippen LogP contribution is -2.45. The minimum atomic E-state index is -0.293. The first kappa shape index (κ1) is 13.2. The van der Waals surface area contributed by atoms with Crippen LogP contribution in [0.5, 0.6) is 0 Å². The van der Waals surface area contributed by atoms with Crippen molar-refractivity contribution in [1.29, 1.82) is 0 Å². The number of rotatable bonds is 5. The molecule has 1 N–H and O–H groups in total. The van der Waals surface area contributed by atoms with Crippen molar-refractivity contribution in [3.05, 3.63) is 0 Å². The van der Waals surface area contributed by atoms with Crippen LogP contribution in [0.3, 0.4) is 0 Å². The summed E-state index contributed by atoms with van der Waals surface area (Å²) in [6.07, 6.45) is 0. The molecule has 0 bridgehead atoms. The molecule has 0 saturated heterocycles. The maximum atomic E-state index is 11.4.